The summed E-state index contributed by atoms with van der Waals surface area (Å²) in [5.41, 5.74) is 1.40. The molecule has 0 saturated carbocycles. The van der Waals surface area contributed by atoms with E-state index in [0.717, 1.165) is 31.9 Å². The number of imidazole rings is 1. The zero-order valence-corrected chi connectivity index (χ0v) is 11.8. The third-order valence-electron chi connectivity index (χ3n) is 3.05. The Kier molecular flexibility index (Phi) is 5.01. The monoisotopic (exact) mass is 257 g/mol. The number of aryl methyl sites for hydroxylation is 1. The smallest absolute Gasteiger partial charge is 0.202 e. The van der Waals surface area contributed by atoms with Crippen LogP contribution >= 0.6 is 0 Å². The van der Waals surface area contributed by atoms with Crippen molar-refractivity contribution in [3.05, 3.63) is 48.3 Å². The van der Waals surface area contributed by atoms with Gasteiger partial charge in [0.25, 0.3) is 0 Å². The molecular weight excluding hydrogens is 234 g/mol. The highest BCUT2D eigenvalue weighted by atomic mass is 15.2. The largest absolute Gasteiger partial charge is 0.356 e. The van der Waals surface area contributed by atoms with E-state index in [9.17, 15) is 0 Å². The fourth-order valence-electron chi connectivity index (χ4n) is 2.15. The predicted molar refractivity (Wildman–Crippen MR) is 80.3 cm³/mol. The van der Waals surface area contributed by atoms with Crippen LogP contribution in [0.1, 0.15) is 25.8 Å². The van der Waals surface area contributed by atoms with Gasteiger partial charge in [0.05, 0.1) is 0 Å². The summed E-state index contributed by atoms with van der Waals surface area (Å²) >= 11 is 0. The molecule has 1 N–H and O–H groups in total. The predicted octanol–water partition coefficient (Wildman–Crippen LogP) is 3.58. The van der Waals surface area contributed by atoms with Gasteiger partial charge in [0.15, 0.2) is 0 Å². The van der Waals surface area contributed by atoms with Crippen molar-refractivity contribution in [2.75, 3.05) is 11.9 Å². The van der Waals surface area contributed by atoms with E-state index in [2.05, 4.69) is 59.0 Å². The number of hydrogen-bond acceptors (Lipinski definition) is 2. The van der Waals surface area contributed by atoms with Gasteiger partial charge >= 0.3 is 0 Å². The van der Waals surface area contributed by atoms with Gasteiger partial charge in [0.2, 0.25) is 5.95 Å². The average Bonchev–Trinajstić information content (AvgIpc) is 2.82. The van der Waals surface area contributed by atoms with E-state index in [1.807, 2.05) is 12.4 Å². The first-order valence-corrected chi connectivity index (χ1v) is 7.04. The molecule has 2 aromatic rings. The lowest BCUT2D eigenvalue weighted by atomic mass is 10.1. The molecule has 1 heterocycles. The van der Waals surface area contributed by atoms with Crippen LogP contribution in [0.2, 0.25) is 0 Å². The van der Waals surface area contributed by atoms with Gasteiger partial charge in [-0.1, -0.05) is 44.2 Å². The zero-order valence-electron chi connectivity index (χ0n) is 11.8. The molecule has 3 heteroatoms. The molecule has 0 spiro atoms. The van der Waals surface area contributed by atoms with Gasteiger partial charge in [-0.25, -0.2) is 4.98 Å². The van der Waals surface area contributed by atoms with Crippen LogP contribution < -0.4 is 5.32 Å². The van der Waals surface area contributed by atoms with Crippen LogP contribution in [0.5, 0.6) is 0 Å². The van der Waals surface area contributed by atoms with E-state index in [1.54, 1.807) is 0 Å². The number of nitrogens with one attached hydrogen (secondary N) is 1. The van der Waals surface area contributed by atoms with Crippen LogP contribution in [0, 0.1) is 5.92 Å². The number of anilines is 1. The van der Waals surface area contributed by atoms with Gasteiger partial charge in [0.1, 0.15) is 0 Å². The molecule has 0 atom stereocenters. The standard InChI is InChI=1S/C16H23N3/c1-14(2)13-19-12-11-18-16(19)17-10-6-9-15-7-4-3-5-8-15/h3-5,7-8,11-12,14H,6,9-10,13H2,1-2H3,(H,17,18). The lowest BCUT2D eigenvalue weighted by Gasteiger charge is -2.11. The van der Waals surface area contributed by atoms with Gasteiger partial charge in [-0.05, 0) is 24.3 Å². The maximum Gasteiger partial charge on any atom is 0.202 e. The molecule has 0 amide bonds. The quantitative estimate of drug-likeness (QED) is 0.768. The number of benzene rings is 1. The van der Waals surface area contributed by atoms with Crippen LogP contribution in [0.25, 0.3) is 0 Å². The Hall–Kier alpha value is -1.77. The third kappa shape index (κ3) is 4.43. The Balaban J connectivity index is 1.75. The van der Waals surface area contributed by atoms with Crippen LogP contribution in [0.3, 0.4) is 0 Å². The summed E-state index contributed by atoms with van der Waals surface area (Å²) < 4.78 is 2.19. The molecule has 102 valence electrons. The highest BCUT2D eigenvalue weighted by Gasteiger charge is 2.03. The Morgan fingerprint density at radius 2 is 2.00 bits per heavy atom. The highest BCUT2D eigenvalue weighted by Crippen LogP contribution is 2.09. The number of aromatic nitrogens is 2. The van der Waals surface area contributed by atoms with E-state index >= 15 is 0 Å². The van der Waals surface area contributed by atoms with Crippen molar-refractivity contribution in [3.8, 4) is 0 Å². The van der Waals surface area contributed by atoms with E-state index in [-0.39, 0.29) is 0 Å². The van der Waals surface area contributed by atoms with Gasteiger partial charge in [-0.15, -0.1) is 0 Å². The second kappa shape index (κ2) is 6.98. The van der Waals surface area contributed by atoms with Crippen molar-refractivity contribution in [3.63, 3.8) is 0 Å². The molecule has 0 saturated heterocycles. The third-order valence-corrected chi connectivity index (χ3v) is 3.05. The molecule has 0 aliphatic rings. The highest BCUT2D eigenvalue weighted by molar-refractivity contribution is 5.25. The lowest BCUT2D eigenvalue weighted by Crippen LogP contribution is -2.11. The molecule has 1 aromatic heterocycles. The minimum atomic E-state index is 0.638. The average molecular weight is 257 g/mol. The molecule has 3 nitrogen and oxygen atoms in total. The van der Waals surface area contributed by atoms with Crippen molar-refractivity contribution in [2.24, 2.45) is 5.92 Å². The summed E-state index contributed by atoms with van der Waals surface area (Å²) in [6, 6.07) is 10.6. The van der Waals surface area contributed by atoms with Crippen LogP contribution in [-0.2, 0) is 13.0 Å². The van der Waals surface area contributed by atoms with Gasteiger partial charge in [0, 0.05) is 25.5 Å². The molecule has 0 unspecified atom stereocenters. The van der Waals surface area contributed by atoms with Gasteiger partial charge in [-0.3, -0.25) is 0 Å². The van der Waals surface area contributed by atoms with E-state index in [1.165, 1.54) is 5.56 Å². The van der Waals surface area contributed by atoms with Gasteiger partial charge in [-0.2, -0.15) is 0 Å². The Labute approximate surface area is 115 Å². The summed E-state index contributed by atoms with van der Waals surface area (Å²) in [4.78, 5) is 4.37. The van der Waals surface area contributed by atoms with Gasteiger partial charge < -0.3 is 9.88 Å². The minimum Gasteiger partial charge on any atom is -0.356 e. The summed E-state index contributed by atoms with van der Waals surface area (Å²) in [7, 11) is 0. The van der Waals surface area contributed by atoms with Crippen molar-refractivity contribution in [1.29, 1.82) is 0 Å². The Morgan fingerprint density at radius 1 is 1.21 bits per heavy atom. The topological polar surface area (TPSA) is 29.9 Å². The molecule has 19 heavy (non-hydrogen) atoms. The first kappa shape index (κ1) is 13.7. The summed E-state index contributed by atoms with van der Waals surface area (Å²) in [6.45, 7) is 6.42. The fourth-order valence-corrected chi connectivity index (χ4v) is 2.15. The number of nitrogens with zero attached hydrogens (tertiary/aromatic N) is 2. The van der Waals surface area contributed by atoms with Crippen LogP contribution in [-0.4, -0.2) is 16.1 Å². The summed E-state index contributed by atoms with van der Waals surface area (Å²) in [5, 5.41) is 3.42. The molecule has 2 rings (SSSR count). The normalized spacial score (nSPS) is 10.9. The second-order valence-corrected chi connectivity index (χ2v) is 5.31. The minimum absolute atomic E-state index is 0.638. The number of rotatable bonds is 7. The Morgan fingerprint density at radius 3 is 2.74 bits per heavy atom. The van der Waals surface area contributed by atoms with Crippen molar-refractivity contribution < 1.29 is 0 Å². The molecular formula is C16H23N3. The molecule has 0 fully saturated rings. The first-order chi connectivity index (χ1) is 9.25. The fraction of sp³-hybridized carbons (Fsp3) is 0.438. The van der Waals surface area contributed by atoms with Crippen LogP contribution in [0.15, 0.2) is 42.7 Å². The zero-order chi connectivity index (χ0) is 13.5. The van der Waals surface area contributed by atoms with E-state index in [0.29, 0.717) is 5.92 Å². The maximum absolute atomic E-state index is 4.37. The first-order valence-electron chi connectivity index (χ1n) is 7.04. The number of hydrogen-bond donors (Lipinski definition) is 1. The Bertz CT molecular complexity index is 474. The molecule has 1 aromatic carbocycles. The lowest BCUT2D eigenvalue weighted by molar-refractivity contribution is 0.526. The molecule has 0 radical (unpaired) electrons. The summed E-state index contributed by atoms with van der Waals surface area (Å²) in [6.07, 6.45) is 6.14. The van der Waals surface area contributed by atoms with Crippen molar-refractivity contribution in [1.82, 2.24) is 9.55 Å². The maximum atomic E-state index is 4.37. The van der Waals surface area contributed by atoms with Crippen molar-refractivity contribution in [2.45, 2.75) is 33.2 Å². The SMILES string of the molecule is CC(C)Cn1ccnc1NCCCc1ccccc1. The molecule has 0 aliphatic carbocycles. The van der Waals surface area contributed by atoms with Crippen molar-refractivity contribution >= 4 is 5.95 Å². The second-order valence-electron chi connectivity index (χ2n) is 5.31. The van der Waals surface area contributed by atoms with E-state index in [4.69, 9.17) is 0 Å². The molecule has 0 bridgehead atoms. The summed E-state index contributed by atoms with van der Waals surface area (Å²) in [5.74, 6) is 1.63. The van der Waals surface area contributed by atoms with E-state index < -0.39 is 0 Å². The van der Waals surface area contributed by atoms with Crippen LogP contribution in [0.4, 0.5) is 5.95 Å². The molecule has 0 aliphatic heterocycles.